The topological polar surface area (TPSA) is 201 Å². The van der Waals surface area contributed by atoms with Gasteiger partial charge >= 0.3 is 25.7 Å². The maximum absolute atomic E-state index is 15.4. The molecule has 1 aliphatic heterocycles. The molecule has 1 aromatic heterocycles. The first-order chi connectivity index (χ1) is 48.3. The third kappa shape index (κ3) is 19.3. The van der Waals surface area contributed by atoms with Gasteiger partial charge in [-0.15, -0.1) is 5.10 Å². The SMILES string of the molecule is CC(C)(C)[Si](OCC[C@@H](OCc1ccccc1)[C@H](OCc1ccccc1)[C@@H](COP(=O)(OCc1ccccc1)OCc1ccccc1)OCc1cn([C@@H]2O[C@H](COC(=O)c3ccccc3)[C@@H](OC(=O)c3ccccc3)[C@H]2OC(=O)c2ccccc2)nn1)(c1ccccc1)c1ccccc1. The quantitative estimate of drug-likeness (QED) is 0.0159. The molecule has 0 bridgehead atoms. The van der Waals surface area contributed by atoms with Crippen LogP contribution in [0.2, 0.25) is 5.04 Å². The number of carbonyl (C=O) groups is 3. The molecule has 2 heterocycles. The highest BCUT2D eigenvalue weighted by Crippen LogP contribution is 2.51. The van der Waals surface area contributed by atoms with Crippen molar-refractivity contribution >= 4 is 44.4 Å². The van der Waals surface area contributed by atoms with Gasteiger partial charge in [0.05, 0.1) is 68.6 Å². The van der Waals surface area contributed by atoms with Gasteiger partial charge in [0, 0.05) is 6.61 Å². The van der Waals surface area contributed by atoms with E-state index in [-0.39, 0.29) is 73.5 Å². The monoisotopic (exact) mass is 1370 g/mol. The Labute approximate surface area is 578 Å². The molecule has 0 amide bonds. The molecule has 0 aliphatic carbocycles. The molecule has 0 spiro atoms. The second-order valence-corrected chi connectivity index (χ2v) is 30.7. The first-order valence-corrected chi connectivity index (χ1v) is 36.3. The van der Waals surface area contributed by atoms with E-state index in [0.717, 1.165) is 32.6 Å². The molecule has 1 aliphatic rings. The third-order valence-electron chi connectivity index (χ3n) is 16.8. The van der Waals surface area contributed by atoms with Gasteiger partial charge in [-0.1, -0.05) is 263 Å². The van der Waals surface area contributed by atoms with E-state index in [2.05, 4.69) is 55.3 Å². The minimum Gasteiger partial charge on any atom is -0.459 e. The molecule has 11 rings (SSSR count). The fraction of sp³-hybridized carbons (Fsp3) is 0.253. The van der Waals surface area contributed by atoms with Crippen LogP contribution in [0.5, 0.6) is 0 Å². The van der Waals surface area contributed by atoms with Gasteiger partial charge in [0.2, 0.25) is 0 Å². The molecule has 99 heavy (non-hydrogen) atoms. The summed E-state index contributed by atoms with van der Waals surface area (Å²) >= 11 is 0. The van der Waals surface area contributed by atoms with E-state index in [9.17, 15) is 14.4 Å². The van der Waals surface area contributed by atoms with Crippen LogP contribution >= 0.6 is 7.82 Å². The van der Waals surface area contributed by atoms with E-state index in [4.69, 9.17) is 51.2 Å². The molecular weight excluding hydrogens is 1290 g/mol. The number of hydrogen-bond donors (Lipinski definition) is 0. The Morgan fingerprint density at radius 2 is 0.889 bits per heavy atom. The van der Waals surface area contributed by atoms with Crippen LogP contribution in [0.3, 0.4) is 0 Å². The summed E-state index contributed by atoms with van der Waals surface area (Å²) in [6.07, 6.45) is -6.57. The average molecular weight is 1370 g/mol. The van der Waals surface area contributed by atoms with Crippen LogP contribution in [0.15, 0.2) is 279 Å². The van der Waals surface area contributed by atoms with E-state index in [0.29, 0.717) is 0 Å². The number of rotatable bonds is 34. The molecule has 510 valence electrons. The summed E-state index contributed by atoms with van der Waals surface area (Å²) in [5, 5.41) is 11.0. The molecule has 1 fully saturated rings. The van der Waals surface area contributed by atoms with Crippen molar-refractivity contribution in [2.24, 2.45) is 0 Å². The number of hydrogen-bond acceptors (Lipinski definition) is 17. The lowest BCUT2D eigenvalue weighted by Gasteiger charge is -2.43. The number of benzene rings is 9. The van der Waals surface area contributed by atoms with Gasteiger partial charge in [-0.2, -0.15) is 0 Å². The highest BCUT2D eigenvalue weighted by molar-refractivity contribution is 7.48. The summed E-state index contributed by atoms with van der Waals surface area (Å²) in [6.45, 7) is 5.69. The Hall–Kier alpha value is -9.34. The number of ether oxygens (including phenoxy) is 7. The van der Waals surface area contributed by atoms with Gasteiger partial charge in [-0.3, -0.25) is 13.6 Å². The van der Waals surface area contributed by atoms with E-state index < -0.39 is 90.1 Å². The summed E-state index contributed by atoms with van der Waals surface area (Å²) in [7, 11) is -7.65. The van der Waals surface area contributed by atoms with Crippen LogP contribution in [-0.4, -0.2) is 97.7 Å². The van der Waals surface area contributed by atoms with Crippen LogP contribution in [0, 0.1) is 0 Å². The van der Waals surface area contributed by atoms with Gasteiger partial charge in [-0.25, -0.2) is 23.6 Å². The van der Waals surface area contributed by atoms with Crippen LogP contribution < -0.4 is 10.4 Å². The first-order valence-electron chi connectivity index (χ1n) is 32.9. The Morgan fingerprint density at radius 1 is 0.485 bits per heavy atom. The van der Waals surface area contributed by atoms with Crippen molar-refractivity contribution in [2.45, 2.75) is 108 Å². The van der Waals surface area contributed by atoms with Crippen molar-refractivity contribution in [2.75, 3.05) is 19.8 Å². The van der Waals surface area contributed by atoms with Gasteiger partial charge < -0.3 is 37.6 Å². The molecular formula is C79H80N3O15PSi. The van der Waals surface area contributed by atoms with Crippen LogP contribution in [0.1, 0.15) is 92.4 Å². The van der Waals surface area contributed by atoms with Crippen molar-refractivity contribution < 1.29 is 70.1 Å². The van der Waals surface area contributed by atoms with Gasteiger partial charge in [0.1, 0.15) is 30.6 Å². The molecule has 0 radical (unpaired) electrons. The molecule has 0 saturated carbocycles. The largest absolute Gasteiger partial charge is 0.475 e. The fourth-order valence-corrected chi connectivity index (χ4v) is 17.5. The summed E-state index contributed by atoms with van der Waals surface area (Å²) in [6, 6.07) is 83.8. The van der Waals surface area contributed by atoms with Crippen molar-refractivity contribution in [3.63, 3.8) is 0 Å². The van der Waals surface area contributed by atoms with Gasteiger partial charge in [0.25, 0.3) is 8.32 Å². The zero-order valence-corrected chi connectivity index (χ0v) is 57.3. The summed E-state index contributed by atoms with van der Waals surface area (Å²) in [5.41, 5.74) is 4.11. The van der Waals surface area contributed by atoms with Gasteiger partial charge in [0.15, 0.2) is 18.4 Å². The van der Waals surface area contributed by atoms with Crippen molar-refractivity contribution in [3.8, 4) is 0 Å². The number of carbonyl (C=O) groups excluding carboxylic acids is 3. The second kappa shape index (κ2) is 34.9. The number of esters is 3. The average Bonchev–Trinajstić information content (AvgIpc) is 1.21. The number of aromatic nitrogens is 3. The Balaban J connectivity index is 0.965. The lowest BCUT2D eigenvalue weighted by Crippen LogP contribution is -2.66. The molecule has 18 nitrogen and oxygen atoms in total. The third-order valence-corrected chi connectivity index (χ3v) is 23.2. The first kappa shape index (κ1) is 71.0. The van der Waals surface area contributed by atoms with Crippen LogP contribution in [0.4, 0.5) is 0 Å². The molecule has 9 aromatic carbocycles. The summed E-state index contributed by atoms with van der Waals surface area (Å²) in [4.78, 5) is 41.8. The van der Waals surface area contributed by atoms with Crippen molar-refractivity contribution in [1.29, 1.82) is 0 Å². The maximum Gasteiger partial charge on any atom is 0.475 e. The Bertz CT molecular complexity index is 4050. The second-order valence-electron chi connectivity index (χ2n) is 24.7. The molecule has 0 N–H and O–H groups in total. The maximum atomic E-state index is 15.4. The molecule has 1 saturated heterocycles. The highest BCUT2D eigenvalue weighted by Gasteiger charge is 2.53. The fourth-order valence-electron chi connectivity index (χ4n) is 11.8. The predicted octanol–water partition coefficient (Wildman–Crippen LogP) is 14.1. The smallest absolute Gasteiger partial charge is 0.459 e. The number of phosphoric acid groups is 1. The van der Waals surface area contributed by atoms with Gasteiger partial charge in [-0.05, 0) is 80.5 Å². The molecule has 10 aromatic rings. The molecule has 0 unspecified atom stereocenters. The molecule has 20 heteroatoms. The summed E-state index contributed by atoms with van der Waals surface area (Å²) < 4.78 is 89.7. The lowest BCUT2D eigenvalue weighted by molar-refractivity contribution is -0.164. The normalized spacial score (nSPS) is 16.5. The highest BCUT2D eigenvalue weighted by atomic mass is 31.2. The van der Waals surface area contributed by atoms with Crippen LogP contribution in [0.25, 0.3) is 0 Å². The van der Waals surface area contributed by atoms with E-state index in [1.54, 1.807) is 91.0 Å². The number of phosphoric ester groups is 1. The standard InChI is InChI=1S/C79H80N3O15PSi/c1-79(2,3)99(67-45-27-11-28-46-67,68-47-29-12-30-48-68)94-50-49-69(87-52-59-31-13-4-14-32-59)72(89-53-60-33-15-5-16-34-60)70(58-93-98(86,91-54-61-35-17-6-18-36-61)92-55-62-37-19-7-20-38-62)88-56-66-51-82(81-80-66)75-74(97-78(85)65-43-25-10-26-44-65)73(96-77(84)64-41-23-9-24-42-64)71(95-75)57-90-76(83)63-39-21-8-22-40-63/h4-48,51,69-75H,49-50,52-58H2,1-3H3/t69-,70-,71-,72+,73-,74-,75-/m1/s1. The molecule has 7 atom stereocenters. The zero-order valence-electron chi connectivity index (χ0n) is 55.4. The van der Waals surface area contributed by atoms with E-state index >= 15 is 4.57 Å². The number of nitrogens with zero attached hydrogens (tertiary/aromatic N) is 3. The van der Waals surface area contributed by atoms with Crippen molar-refractivity contribution in [3.05, 3.63) is 324 Å². The Morgan fingerprint density at radius 3 is 1.35 bits per heavy atom. The minimum absolute atomic E-state index is 0.0783. The minimum atomic E-state index is -4.52. The van der Waals surface area contributed by atoms with Crippen molar-refractivity contribution in [1.82, 2.24) is 15.0 Å². The zero-order chi connectivity index (χ0) is 68.7. The van der Waals surface area contributed by atoms with E-state index in [1.165, 1.54) is 10.9 Å². The Kier molecular flexibility index (Phi) is 25.0. The van der Waals surface area contributed by atoms with E-state index in [1.807, 2.05) is 158 Å². The lowest BCUT2D eigenvalue weighted by atomic mass is 10.0. The summed E-state index contributed by atoms with van der Waals surface area (Å²) in [5.74, 6) is -2.18. The van der Waals surface area contributed by atoms with Crippen LogP contribution in [-0.2, 0) is 88.8 Å². The predicted molar refractivity (Wildman–Crippen MR) is 375 cm³/mol.